The Bertz CT molecular complexity index is 490. The number of rotatable bonds is 2. The minimum atomic E-state index is -0.275. The Kier molecular flexibility index (Phi) is 2.60. The summed E-state index contributed by atoms with van der Waals surface area (Å²) in [7, 11) is 0. The third-order valence-corrected chi connectivity index (χ3v) is 3.16. The Hall–Kier alpha value is -1.55. The smallest absolute Gasteiger partial charge is 0.161 e. The minimum Gasteiger partial charge on any atom is -0.297 e. The highest BCUT2D eigenvalue weighted by Gasteiger charge is 2.08. The number of aryl methyl sites for hydroxylation is 1. The molecular formula is C11H8FNOS. The van der Waals surface area contributed by atoms with Crippen LogP contribution in [0.4, 0.5) is 4.39 Å². The SMILES string of the molecule is Cc1nc(-c2ccc(F)cc2)sc1C=O. The molecule has 0 aliphatic heterocycles. The van der Waals surface area contributed by atoms with Crippen LogP contribution in [0.15, 0.2) is 24.3 Å². The van der Waals surface area contributed by atoms with Crippen molar-refractivity contribution in [3.8, 4) is 10.6 Å². The summed E-state index contributed by atoms with van der Waals surface area (Å²) in [5.41, 5.74) is 1.55. The standard InChI is InChI=1S/C11H8FNOS/c1-7-10(6-14)15-11(13-7)8-2-4-9(12)5-3-8/h2-6H,1H3. The van der Waals surface area contributed by atoms with Crippen LogP contribution < -0.4 is 0 Å². The van der Waals surface area contributed by atoms with E-state index in [4.69, 9.17) is 0 Å². The van der Waals surface area contributed by atoms with E-state index in [0.29, 0.717) is 10.6 Å². The fourth-order valence-electron chi connectivity index (χ4n) is 1.23. The van der Waals surface area contributed by atoms with Gasteiger partial charge in [0.2, 0.25) is 0 Å². The van der Waals surface area contributed by atoms with E-state index in [1.165, 1.54) is 23.5 Å². The number of benzene rings is 1. The van der Waals surface area contributed by atoms with Gasteiger partial charge in [0.15, 0.2) is 6.29 Å². The summed E-state index contributed by atoms with van der Waals surface area (Å²) in [5, 5.41) is 0.745. The fourth-order valence-corrected chi connectivity index (χ4v) is 2.12. The van der Waals surface area contributed by atoms with Crippen molar-refractivity contribution in [3.63, 3.8) is 0 Å². The van der Waals surface area contributed by atoms with E-state index < -0.39 is 0 Å². The Balaban J connectivity index is 2.45. The molecule has 0 saturated carbocycles. The first kappa shape index (κ1) is 9.98. The maximum atomic E-state index is 12.7. The number of halogens is 1. The zero-order valence-electron chi connectivity index (χ0n) is 8.03. The average molecular weight is 221 g/mol. The Morgan fingerprint density at radius 1 is 1.33 bits per heavy atom. The lowest BCUT2D eigenvalue weighted by atomic mass is 10.2. The molecule has 15 heavy (non-hydrogen) atoms. The zero-order chi connectivity index (χ0) is 10.8. The van der Waals surface area contributed by atoms with E-state index in [1.807, 2.05) is 0 Å². The second kappa shape index (κ2) is 3.90. The van der Waals surface area contributed by atoms with Gasteiger partial charge in [0.05, 0.1) is 10.6 Å². The number of carbonyl (C=O) groups is 1. The fraction of sp³-hybridized carbons (Fsp3) is 0.0909. The molecule has 0 bridgehead atoms. The predicted octanol–water partition coefficient (Wildman–Crippen LogP) is 3.07. The molecule has 0 spiro atoms. The van der Waals surface area contributed by atoms with Crippen molar-refractivity contribution in [3.05, 3.63) is 40.7 Å². The molecule has 0 aliphatic carbocycles. The van der Waals surface area contributed by atoms with Gasteiger partial charge in [-0.3, -0.25) is 4.79 Å². The molecule has 0 saturated heterocycles. The summed E-state index contributed by atoms with van der Waals surface area (Å²) in [6, 6.07) is 6.07. The van der Waals surface area contributed by atoms with Crippen LogP contribution in [0.1, 0.15) is 15.4 Å². The molecule has 2 aromatic rings. The maximum absolute atomic E-state index is 12.7. The molecule has 0 fully saturated rings. The van der Waals surface area contributed by atoms with Gasteiger partial charge < -0.3 is 0 Å². The molecular weight excluding hydrogens is 213 g/mol. The number of aromatic nitrogens is 1. The third kappa shape index (κ3) is 1.94. The molecule has 76 valence electrons. The number of hydrogen-bond acceptors (Lipinski definition) is 3. The molecule has 4 heteroatoms. The maximum Gasteiger partial charge on any atom is 0.161 e. The van der Waals surface area contributed by atoms with Crippen molar-refractivity contribution in [2.45, 2.75) is 6.92 Å². The molecule has 0 N–H and O–H groups in total. The van der Waals surface area contributed by atoms with Gasteiger partial charge >= 0.3 is 0 Å². The lowest BCUT2D eigenvalue weighted by molar-refractivity contribution is 0.112. The molecule has 2 rings (SSSR count). The van der Waals surface area contributed by atoms with Gasteiger partial charge in [0, 0.05) is 5.56 Å². The Labute approximate surface area is 90.4 Å². The highest BCUT2D eigenvalue weighted by molar-refractivity contribution is 7.16. The van der Waals surface area contributed by atoms with Gasteiger partial charge in [-0.25, -0.2) is 9.37 Å². The molecule has 1 aromatic heterocycles. The van der Waals surface area contributed by atoms with Crippen molar-refractivity contribution in [2.75, 3.05) is 0 Å². The molecule has 1 heterocycles. The molecule has 0 radical (unpaired) electrons. The zero-order valence-corrected chi connectivity index (χ0v) is 8.84. The number of hydrogen-bond donors (Lipinski definition) is 0. The molecule has 1 aromatic carbocycles. The predicted molar refractivity (Wildman–Crippen MR) is 57.6 cm³/mol. The quantitative estimate of drug-likeness (QED) is 0.729. The lowest BCUT2D eigenvalue weighted by Crippen LogP contribution is -1.79. The highest BCUT2D eigenvalue weighted by Crippen LogP contribution is 2.26. The summed E-state index contributed by atoms with van der Waals surface area (Å²) >= 11 is 1.32. The molecule has 0 atom stereocenters. The summed E-state index contributed by atoms with van der Waals surface area (Å²) in [4.78, 5) is 15.5. The lowest BCUT2D eigenvalue weighted by Gasteiger charge is -1.94. The van der Waals surface area contributed by atoms with E-state index in [-0.39, 0.29) is 5.82 Å². The van der Waals surface area contributed by atoms with Crippen LogP contribution in [0.3, 0.4) is 0 Å². The van der Waals surface area contributed by atoms with Crippen LogP contribution >= 0.6 is 11.3 Å². The van der Waals surface area contributed by atoms with E-state index in [9.17, 15) is 9.18 Å². The van der Waals surface area contributed by atoms with Gasteiger partial charge in [0.25, 0.3) is 0 Å². The number of nitrogens with zero attached hydrogens (tertiary/aromatic N) is 1. The summed E-state index contributed by atoms with van der Waals surface area (Å²) in [5.74, 6) is -0.275. The van der Waals surface area contributed by atoms with Gasteiger partial charge in [-0.1, -0.05) is 0 Å². The first-order chi connectivity index (χ1) is 7.20. The first-order valence-electron chi connectivity index (χ1n) is 4.39. The van der Waals surface area contributed by atoms with Crippen molar-refractivity contribution in [2.24, 2.45) is 0 Å². The van der Waals surface area contributed by atoms with Crippen LogP contribution in [0.25, 0.3) is 10.6 Å². The van der Waals surface area contributed by atoms with Gasteiger partial charge in [-0.05, 0) is 31.2 Å². The minimum absolute atomic E-state index is 0.275. The normalized spacial score (nSPS) is 10.3. The number of aldehydes is 1. The van der Waals surface area contributed by atoms with Crippen molar-refractivity contribution >= 4 is 17.6 Å². The van der Waals surface area contributed by atoms with E-state index in [2.05, 4.69) is 4.98 Å². The van der Waals surface area contributed by atoms with Gasteiger partial charge in [-0.15, -0.1) is 11.3 Å². The topological polar surface area (TPSA) is 30.0 Å². The van der Waals surface area contributed by atoms with Crippen molar-refractivity contribution in [1.82, 2.24) is 4.98 Å². The van der Waals surface area contributed by atoms with Crippen LogP contribution in [0, 0.1) is 12.7 Å². The molecule has 0 amide bonds. The van der Waals surface area contributed by atoms with E-state index in [1.54, 1.807) is 19.1 Å². The summed E-state index contributed by atoms with van der Waals surface area (Å²) < 4.78 is 12.7. The largest absolute Gasteiger partial charge is 0.297 e. The Morgan fingerprint density at radius 3 is 2.53 bits per heavy atom. The Morgan fingerprint density at radius 2 is 2.00 bits per heavy atom. The van der Waals surface area contributed by atoms with Crippen LogP contribution in [0.2, 0.25) is 0 Å². The third-order valence-electron chi connectivity index (χ3n) is 2.03. The second-order valence-corrected chi connectivity index (χ2v) is 4.12. The first-order valence-corrected chi connectivity index (χ1v) is 5.21. The van der Waals surface area contributed by atoms with E-state index >= 15 is 0 Å². The molecule has 2 nitrogen and oxygen atoms in total. The number of thiazole rings is 1. The molecule has 0 unspecified atom stereocenters. The molecule has 0 aliphatic rings. The van der Waals surface area contributed by atoms with Crippen molar-refractivity contribution < 1.29 is 9.18 Å². The van der Waals surface area contributed by atoms with Gasteiger partial charge in [0.1, 0.15) is 10.8 Å². The second-order valence-electron chi connectivity index (χ2n) is 3.09. The monoisotopic (exact) mass is 221 g/mol. The summed E-state index contributed by atoms with van der Waals surface area (Å²) in [6.07, 6.45) is 0.792. The number of carbonyl (C=O) groups excluding carboxylic acids is 1. The highest BCUT2D eigenvalue weighted by atomic mass is 32.1. The van der Waals surface area contributed by atoms with Crippen LogP contribution in [0.5, 0.6) is 0 Å². The van der Waals surface area contributed by atoms with Crippen LogP contribution in [-0.4, -0.2) is 11.3 Å². The van der Waals surface area contributed by atoms with E-state index in [0.717, 1.165) is 16.9 Å². The van der Waals surface area contributed by atoms with Crippen LogP contribution in [-0.2, 0) is 0 Å². The average Bonchev–Trinajstić information content (AvgIpc) is 2.61. The van der Waals surface area contributed by atoms with Crippen molar-refractivity contribution in [1.29, 1.82) is 0 Å². The van der Waals surface area contributed by atoms with Gasteiger partial charge in [-0.2, -0.15) is 0 Å². The summed E-state index contributed by atoms with van der Waals surface area (Å²) in [6.45, 7) is 1.78.